The van der Waals surface area contributed by atoms with Gasteiger partial charge in [0.1, 0.15) is 5.15 Å². The van der Waals surface area contributed by atoms with Crippen molar-refractivity contribution in [2.24, 2.45) is 5.92 Å². The average molecular weight is 320 g/mol. The van der Waals surface area contributed by atoms with Crippen LogP contribution in [0.15, 0.2) is 17.1 Å². The predicted octanol–water partition coefficient (Wildman–Crippen LogP) is 3.51. The third-order valence-corrected chi connectivity index (χ3v) is 4.26. The number of imidazole rings is 1. The van der Waals surface area contributed by atoms with Crippen LogP contribution < -0.4 is 5.56 Å². The molecule has 2 aromatic rings. The average Bonchev–Trinajstić information content (AvgIpc) is 2.82. The molecule has 2 heterocycles. The van der Waals surface area contributed by atoms with Gasteiger partial charge in [-0.1, -0.05) is 11.6 Å². The molecule has 3 rings (SSSR count). The fourth-order valence-corrected chi connectivity index (χ4v) is 3.07. The van der Waals surface area contributed by atoms with Gasteiger partial charge in [0.15, 0.2) is 0 Å². The Kier molecular flexibility index (Phi) is 3.47. The molecule has 8 heteroatoms. The molecular formula is C13H13ClF3N3O. The minimum absolute atomic E-state index is 0.0462. The van der Waals surface area contributed by atoms with Gasteiger partial charge in [-0.05, 0) is 25.7 Å². The SMILES string of the molecule is O=c1cc(Cl)[nH]c2nc(C3CCC(C(F)(F)F)CC3)cn12. The van der Waals surface area contributed by atoms with Crippen LogP contribution in [0.3, 0.4) is 0 Å². The first kappa shape index (κ1) is 14.4. The molecule has 114 valence electrons. The Morgan fingerprint density at radius 1 is 1.29 bits per heavy atom. The lowest BCUT2D eigenvalue weighted by Crippen LogP contribution is -2.27. The van der Waals surface area contributed by atoms with E-state index in [1.54, 1.807) is 6.20 Å². The molecule has 1 saturated carbocycles. The van der Waals surface area contributed by atoms with Crippen molar-refractivity contribution in [1.82, 2.24) is 14.4 Å². The highest BCUT2D eigenvalue weighted by molar-refractivity contribution is 6.29. The van der Waals surface area contributed by atoms with Crippen molar-refractivity contribution in [1.29, 1.82) is 0 Å². The van der Waals surface area contributed by atoms with Crippen LogP contribution in [0.4, 0.5) is 13.2 Å². The Hall–Kier alpha value is -1.50. The van der Waals surface area contributed by atoms with E-state index in [4.69, 9.17) is 11.6 Å². The summed E-state index contributed by atoms with van der Waals surface area (Å²) in [5, 5.41) is 0.186. The fraction of sp³-hybridized carbons (Fsp3) is 0.538. The summed E-state index contributed by atoms with van der Waals surface area (Å²) < 4.78 is 39.3. The van der Waals surface area contributed by atoms with Gasteiger partial charge < -0.3 is 4.98 Å². The third-order valence-electron chi connectivity index (χ3n) is 4.05. The number of rotatable bonds is 1. The number of hydrogen-bond acceptors (Lipinski definition) is 2. The molecule has 0 atom stereocenters. The van der Waals surface area contributed by atoms with E-state index in [1.807, 2.05) is 0 Å². The lowest BCUT2D eigenvalue weighted by Gasteiger charge is -2.28. The molecule has 0 spiro atoms. The zero-order valence-corrected chi connectivity index (χ0v) is 11.7. The Morgan fingerprint density at radius 2 is 1.95 bits per heavy atom. The molecule has 0 unspecified atom stereocenters. The molecule has 4 nitrogen and oxygen atoms in total. The van der Waals surface area contributed by atoms with Gasteiger partial charge in [0, 0.05) is 18.2 Å². The maximum absolute atomic E-state index is 12.7. The van der Waals surface area contributed by atoms with Crippen molar-refractivity contribution < 1.29 is 13.2 Å². The van der Waals surface area contributed by atoms with Crippen LogP contribution in [0.1, 0.15) is 37.3 Å². The highest BCUT2D eigenvalue weighted by Gasteiger charge is 2.41. The Balaban J connectivity index is 1.83. The predicted molar refractivity (Wildman–Crippen MR) is 71.6 cm³/mol. The fourth-order valence-electron chi connectivity index (χ4n) is 2.89. The third kappa shape index (κ3) is 2.79. The van der Waals surface area contributed by atoms with E-state index in [0.717, 1.165) is 0 Å². The first-order valence-corrected chi connectivity index (χ1v) is 7.07. The summed E-state index contributed by atoms with van der Waals surface area (Å²) in [6.45, 7) is 0. The zero-order valence-electron chi connectivity index (χ0n) is 11.0. The smallest absolute Gasteiger partial charge is 0.316 e. The number of alkyl halides is 3. The summed E-state index contributed by atoms with van der Waals surface area (Å²) in [5.74, 6) is -0.947. The number of hydrogen-bond donors (Lipinski definition) is 1. The van der Waals surface area contributed by atoms with Gasteiger partial charge >= 0.3 is 6.18 Å². The van der Waals surface area contributed by atoms with E-state index < -0.39 is 12.1 Å². The van der Waals surface area contributed by atoms with Crippen LogP contribution in [0.25, 0.3) is 5.78 Å². The number of fused-ring (bicyclic) bond motifs is 1. The van der Waals surface area contributed by atoms with Crippen molar-refractivity contribution >= 4 is 17.4 Å². The highest BCUT2D eigenvalue weighted by Crippen LogP contribution is 2.42. The van der Waals surface area contributed by atoms with E-state index >= 15 is 0 Å². The van der Waals surface area contributed by atoms with Gasteiger partial charge in [-0.15, -0.1) is 0 Å². The summed E-state index contributed by atoms with van der Waals surface area (Å²) in [6.07, 6.45) is -1.46. The summed E-state index contributed by atoms with van der Waals surface area (Å²) in [4.78, 5) is 18.8. The zero-order chi connectivity index (χ0) is 15.2. The van der Waals surface area contributed by atoms with E-state index in [-0.39, 0.29) is 29.5 Å². The van der Waals surface area contributed by atoms with E-state index in [2.05, 4.69) is 9.97 Å². The number of nitrogens with one attached hydrogen (secondary N) is 1. The lowest BCUT2D eigenvalue weighted by molar-refractivity contribution is -0.182. The molecule has 1 aliphatic rings. The van der Waals surface area contributed by atoms with Crippen LogP contribution >= 0.6 is 11.6 Å². The number of aromatic nitrogens is 3. The Morgan fingerprint density at radius 3 is 2.57 bits per heavy atom. The number of aromatic amines is 1. The summed E-state index contributed by atoms with van der Waals surface area (Å²) >= 11 is 5.75. The first-order valence-electron chi connectivity index (χ1n) is 6.69. The number of H-pyrrole nitrogens is 1. The summed E-state index contributed by atoms with van der Waals surface area (Å²) in [7, 11) is 0. The molecule has 1 N–H and O–H groups in total. The standard InChI is InChI=1S/C13H13ClF3N3O/c14-10-5-11(21)20-6-9(18-12(20)19-10)7-1-3-8(4-2-7)13(15,16)17/h5-8H,1-4H2,(H,18,19). The molecule has 0 radical (unpaired) electrons. The molecule has 21 heavy (non-hydrogen) atoms. The normalized spacial score (nSPS) is 23.6. The highest BCUT2D eigenvalue weighted by atomic mass is 35.5. The lowest BCUT2D eigenvalue weighted by atomic mass is 9.80. The Labute approximate surface area is 122 Å². The molecule has 0 aliphatic heterocycles. The van der Waals surface area contributed by atoms with Crippen LogP contribution in [0.5, 0.6) is 0 Å². The molecule has 0 bridgehead atoms. The molecule has 0 saturated heterocycles. The quantitative estimate of drug-likeness (QED) is 0.818. The van der Waals surface area contributed by atoms with E-state index in [1.165, 1.54) is 10.5 Å². The van der Waals surface area contributed by atoms with Gasteiger partial charge in [-0.3, -0.25) is 9.20 Å². The van der Waals surface area contributed by atoms with Gasteiger partial charge in [0.05, 0.1) is 11.6 Å². The molecular weight excluding hydrogens is 307 g/mol. The topological polar surface area (TPSA) is 50.2 Å². The second kappa shape index (κ2) is 5.05. The molecule has 0 amide bonds. The van der Waals surface area contributed by atoms with Crippen LogP contribution in [-0.4, -0.2) is 20.5 Å². The summed E-state index contributed by atoms with van der Waals surface area (Å²) in [6, 6.07) is 1.24. The maximum atomic E-state index is 12.7. The van der Waals surface area contributed by atoms with Crippen molar-refractivity contribution in [2.75, 3.05) is 0 Å². The second-order valence-corrected chi connectivity index (χ2v) is 5.81. The van der Waals surface area contributed by atoms with Crippen LogP contribution in [0, 0.1) is 5.92 Å². The van der Waals surface area contributed by atoms with E-state index in [9.17, 15) is 18.0 Å². The number of halogens is 4. The van der Waals surface area contributed by atoms with Crippen molar-refractivity contribution in [3.63, 3.8) is 0 Å². The van der Waals surface area contributed by atoms with Gasteiger partial charge in [-0.2, -0.15) is 13.2 Å². The van der Waals surface area contributed by atoms with Crippen LogP contribution in [-0.2, 0) is 0 Å². The van der Waals surface area contributed by atoms with Gasteiger partial charge in [0.2, 0.25) is 5.78 Å². The van der Waals surface area contributed by atoms with Crippen LogP contribution in [0.2, 0.25) is 5.15 Å². The summed E-state index contributed by atoms with van der Waals surface area (Å²) in [5.41, 5.74) is 0.336. The van der Waals surface area contributed by atoms with Gasteiger partial charge in [-0.25, -0.2) is 4.98 Å². The maximum Gasteiger partial charge on any atom is 0.391 e. The van der Waals surface area contributed by atoms with Crippen molar-refractivity contribution in [2.45, 2.75) is 37.8 Å². The number of nitrogens with zero attached hydrogens (tertiary/aromatic N) is 2. The minimum atomic E-state index is -4.12. The minimum Gasteiger partial charge on any atom is -0.316 e. The first-order chi connectivity index (χ1) is 9.84. The largest absolute Gasteiger partial charge is 0.391 e. The Bertz CT molecular complexity index is 714. The molecule has 0 aromatic carbocycles. The van der Waals surface area contributed by atoms with Gasteiger partial charge in [0.25, 0.3) is 5.56 Å². The van der Waals surface area contributed by atoms with E-state index in [0.29, 0.717) is 24.3 Å². The monoisotopic (exact) mass is 319 g/mol. The molecule has 2 aromatic heterocycles. The molecule has 1 fully saturated rings. The van der Waals surface area contributed by atoms with Crippen molar-refractivity contribution in [3.8, 4) is 0 Å². The van der Waals surface area contributed by atoms with Crippen molar-refractivity contribution in [3.05, 3.63) is 33.5 Å². The molecule has 1 aliphatic carbocycles. The second-order valence-electron chi connectivity index (χ2n) is 5.41.